The Labute approximate surface area is 128 Å². The van der Waals surface area contributed by atoms with Crippen LogP contribution in [0.1, 0.15) is 12.8 Å². The Balaban J connectivity index is 1.71. The maximum absolute atomic E-state index is 12.7. The number of hydrogen-bond donors (Lipinski definition) is 0. The lowest BCUT2D eigenvalue weighted by molar-refractivity contribution is -0.128. The lowest BCUT2D eigenvalue weighted by Gasteiger charge is -2.33. The van der Waals surface area contributed by atoms with E-state index in [1.807, 2.05) is 5.38 Å². The summed E-state index contributed by atoms with van der Waals surface area (Å²) in [5, 5.41) is 2.62. The van der Waals surface area contributed by atoms with Gasteiger partial charge in [-0.2, -0.15) is 0 Å². The summed E-state index contributed by atoms with van der Waals surface area (Å²) in [6.07, 6.45) is 3.17. The van der Waals surface area contributed by atoms with Crippen molar-refractivity contribution in [1.29, 1.82) is 0 Å². The molecule has 1 amide bonds. The molecule has 2 aliphatic rings. The summed E-state index contributed by atoms with van der Waals surface area (Å²) in [6, 6.07) is 0. The second-order valence-corrected chi connectivity index (χ2v) is 6.39. The van der Waals surface area contributed by atoms with Gasteiger partial charge < -0.3 is 14.4 Å². The van der Waals surface area contributed by atoms with E-state index in [9.17, 15) is 4.79 Å². The Morgan fingerprint density at radius 2 is 2.43 bits per heavy atom. The van der Waals surface area contributed by atoms with Gasteiger partial charge in [0.15, 0.2) is 5.13 Å². The monoisotopic (exact) mass is 311 g/mol. The lowest BCUT2D eigenvalue weighted by Crippen LogP contribution is -2.49. The number of hydrogen-bond acceptors (Lipinski definition) is 6. The van der Waals surface area contributed by atoms with Crippen molar-refractivity contribution in [2.75, 3.05) is 44.8 Å². The lowest BCUT2D eigenvalue weighted by atomic mass is 10.2. The third kappa shape index (κ3) is 3.60. The average molecular weight is 311 g/mol. The maximum Gasteiger partial charge on any atom is 0.257 e. The number of carbonyl (C=O) groups excluding carboxylic acids is 1. The molecule has 2 saturated heterocycles. The minimum atomic E-state index is -0.324. The number of anilines is 1. The molecule has 6 nitrogen and oxygen atoms in total. The van der Waals surface area contributed by atoms with Crippen molar-refractivity contribution in [3.63, 3.8) is 0 Å². The van der Waals surface area contributed by atoms with Gasteiger partial charge in [0.25, 0.3) is 5.91 Å². The summed E-state index contributed by atoms with van der Waals surface area (Å²) in [4.78, 5) is 21.0. The van der Waals surface area contributed by atoms with Gasteiger partial charge in [0.1, 0.15) is 6.10 Å². The molecule has 116 valence electrons. The van der Waals surface area contributed by atoms with Crippen molar-refractivity contribution in [2.45, 2.75) is 25.0 Å². The summed E-state index contributed by atoms with van der Waals surface area (Å²) in [6.45, 7) is 3.69. The minimum absolute atomic E-state index is 0.0132. The van der Waals surface area contributed by atoms with Crippen LogP contribution in [0, 0.1) is 0 Å². The summed E-state index contributed by atoms with van der Waals surface area (Å²) in [5.74, 6) is 0.0132. The normalized spacial score (nSPS) is 26.9. The standard InChI is InChI=1S/C14H21N3O3S/c1-16-5-7-19-11(9-16)10-17(14-15-4-8-21-14)13(18)12-3-2-6-20-12/h4,8,11-12H,2-3,5-7,9-10H2,1H3/t11-,12-/m1/s1. The highest BCUT2D eigenvalue weighted by Gasteiger charge is 2.32. The number of carbonyl (C=O) groups is 1. The SMILES string of the molecule is CN1CCO[C@@H](CN(C(=O)[C@H]2CCCO2)c2nccs2)C1. The van der Waals surface area contributed by atoms with E-state index < -0.39 is 0 Å². The van der Waals surface area contributed by atoms with Crippen LogP contribution in [0.4, 0.5) is 5.13 Å². The zero-order chi connectivity index (χ0) is 14.7. The fourth-order valence-corrected chi connectivity index (χ4v) is 3.40. The minimum Gasteiger partial charge on any atom is -0.374 e. The number of aromatic nitrogens is 1. The molecule has 3 heterocycles. The molecule has 0 spiro atoms. The van der Waals surface area contributed by atoms with E-state index in [0.717, 1.165) is 31.1 Å². The first-order chi connectivity index (χ1) is 10.2. The van der Waals surface area contributed by atoms with Crippen LogP contribution >= 0.6 is 11.3 Å². The summed E-state index contributed by atoms with van der Waals surface area (Å²) >= 11 is 1.48. The highest BCUT2D eigenvalue weighted by molar-refractivity contribution is 7.13. The molecule has 0 bridgehead atoms. The molecule has 1 aromatic heterocycles. The second kappa shape index (κ2) is 6.83. The van der Waals surface area contributed by atoms with E-state index in [2.05, 4.69) is 16.9 Å². The molecule has 0 aromatic carbocycles. The van der Waals surface area contributed by atoms with E-state index in [-0.39, 0.29) is 18.1 Å². The topological polar surface area (TPSA) is 54.9 Å². The van der Waals surface area contributed by atoms with Crippen molar-refractivity contribution in [3.05, 3.63) is 11.6 Å². The number of morpholine rings is 1. The predicted molar refractivity (Wildman–Crippen MR) is 80.7 cm³/mol. The van der Waals surface area contributed by atoms with E-state index in [1.165, 1.54) is 11.3 Å². The van der Waals surface area contributed by atoms with E-state index in [4.69, 9.17) is 9.47 Å². The number of nitrogens with zero attached hydrogens (tertiary/aromatic N) is 3. The number of amides is 1. The molecular weight excluding hydrogens is 290 g/mol. The molecule has 0 saturated carbocycles. The molecule has 2 fully saturated rings. The average Bonchev–Trinajstić information content (AvgIpc) is 3.17. The Morgan fingerprint density at radius 1 is 1.52 bits per heavy atom. The van der Waals surface area contributed by atoms with Crippen molar-refractivity contribution in [1.82, 2.24) is 9.88 Å². The molecule has 2 aliphatic heterocycles. The molecule has 0 N–H and O–H groups in total. The highest BCUT2D eigenvalue weighted by atomic mass is 32.1. The van der Waals surface area contributed by atoms with Crippen molar-refractivity contribution >= 4 is 22.4 Å². The quantitative estimate of drug-likeness (QED) is 0.830. The Bertz CT molecular complexity index is 462. The molecule has 0 aliphatic carbocycles. The molecule has 7 heteroatoms. The van der Waals surface area contributed by atoms with E-state index in [0.29, 0.717) is 19.8 Å². The van der Waals surface area contributed by atoms with Crippen LogP contribution < -0.4 is 4.90 Å². The Hall–Kier alpha value is -1.02. The van der Waals surface area contributed by atoms with Crippen LogP contribution in [0.25, 0.3) is 0 Å². The smallest absolute Gasteiger partial charge is 0.257 e. The third-order valence-electron chi connectivity index (χ3n) is 3.85. The van der Waals surface area contributed by atoms with Gasteiger partial charge in [-0.05, 0) is 19.9 Å². The number of thiazole rings is 1. The molecule has 1 aromatic rings. The van der Waals surface area contributed by atoms with Crippen LogP contribution in [-0.2, 0) is 14.3 Å². The fourth-order valence-electron chi connectivity index (χ4n) is 2.74. The Morgan fingerprint density at radius 3 is 3.10 bits per heavy atom. The zero-order valence-electron chi connectivity index (χ0n) is 12.2. The van der Waals surface area contributed by atoms with Crippen LogP contribution in [0.15, 0.2) is 11.6 Å². The summed E-state index contributed by atoms with van der Waals surface area (Å²) in [5.41, 5.74) is 0. The predicted octanol–water partition coefficient (Wildman–Crippen LogP) is 0.986. The van der Waals surface area contributed by atoms with Crippen molar-refractivity contribution in [3.8, 4) is 0 Å². The van der Waals surface area contributed by atoms with Gasteiger partial charge in [0.2, 0.25) is 0 Å². The van der Waals surface area contributed by atoms with Gasteiger partial charge in [-0.1, -0.05) is 0 Å². The molecule has 21 heavy (non-hydrogen) atoms. The number of ether oxygens (including phenoxy) is 2. The maximum atomic E-state index is 12.7. The van der Waals surface area contributed by atoms with Crippen LogP contribution in [0.3, 0.4) is 0 Å². The largest absolute Gasteiger partial charge is 0.374 e. The van der Waals surface area contributed by atoms with Gasteiger partial charge >= 0.3 is 0 Å². The fraction of sp³-hybridized carbons (Fsp3) is 0.714. The first-order valence-electron chi connectivity index (χ1n) is 7.36. The van der Waals surface area contributed by atoms with Gasteiger partial charge in [-0.3, -0.25) is 9.69 Å². The first kappa shape index (κ1) is 14.9. The number of rotatable bonds is 4. The zero-order valence-corrected chi connectivity index (χ0v) is 13.1. The van der Waals surface area contributed by atoms with Crippen LogP contribution in [-0.4, -0.2) is 67.9 Å². The molecular formula is C14H21N3O3S. The molecule has 3 rings (SSSR count). The Kier molecular flexibility index (Phi) is 4.84. The van der Waals surface area contributed by atoms with E-state index >= 15 is 0 Å². The highest BCUT2D eigenvalue weighted by Crippen LogP contribution is 2.23. The first-order valence-corrected chi connectivity index (χ1v) is 8.24. The van der Waals surface area contributed by atoms with Crippen molar-refractivity contribution < 1.29 is 14.3 Å². The van der Waals surface area contributed by atoms with Crippen LogP contribution in [0.5, 0.6) is 0 Å². The molecule has 2 atom stereocenters. The van der Waals surface area contributed by atoms with Crippen molar-refractivity contribution in [2.24, 2.45) is 0 Å². The van der Waals surface area contributed by atoms with Gasteiger partial charge in [-0.15, -0.1) is 11.3 Å². The van der Waals surface area contributed by atoms with Crippen LogP contribution in [0.2, 0.25) is 0 Å². The van der Waals surface area contributed by atoms with Gasteiger partial charge in [0.05, 0.1) is 19.3 Å². The third-order valence-corrected chi connectivity index (χ3v) is 4.64. The van der Waals surface area contributed by atoms with Gasteiger partial charge in [0, 0.05) is 31.3 Å². The number of likely N-dealkylation sites (N-methyl/N-ethyl adjacent to an activating group) is 1. The molecule has 0 unspecified atom stereocenters. The second-order valence-electron chi connectivity index (χ2n) is 5.52. The van der Waals surface area contributed by atoms with Gasteiger partial charge in [-0.25, -0.2) is 4.98 Å². The van der Waals surface area contributed by atoms with E-state index in [1.54, 1.807) is 11.1 Å². The molecule has 0 radical (unpaired) electrons. The summed E-state index contributed by atoms with van der Waals surface area (Å²) < 4.78 is 11.3. The summed E-state index contributed by atoms with van der Waals surface area (Å²) in [7, 11) is 2.07.